The van der Waals surface area contributed by atoms with Crippen LogP contribution in [0.1, 0.15) is 34.8 Å². The first-order chi connectivity index (χ1) is 12.5. The lowest BCUT2D eigenvalue weighted by molar-refractivity contribution is 0.0993. The van der Waals surface area contributed by atoms with E-state index in [1.807, 2.05) is 6.92 Å². The lowest BCUT2D eigenvalue weighted by Crippen LogP contribution is -2.05. The summed E-state index contributed by atoms with van der Waals surface area (Å²) in [7, 11) is 0. The van der Waals surface area contributed by atoms with E-state index in [4.69, 9.17) is 21.6 Å². The first kappa shape index (κ1) is 19.6. The van der Waals surface area contributed by atoms with E-state index in [9.17, 15) is 13.6 Å². The van der Waals surface area contributed by atoms with Gasteiger partial charge in [-0.15, -0.1) is 0 Å². The number of ketones is 1. The number of carbonyl (C=O) groups is 1. The summed E-state index contributed by atoms with van der Waals surface area (Å²) in [6.45, 7) is 1.89. The van der Waals surface area contributed by atoms with Crippen molar-refractivity contribution in [1.82, 2.24) is 0 Å². The lowest BCUT2D eigenvalue weighted by Gasteiger charge is -2.10. The molecule has 0 amide bonds. The van der Waals surface area contributed by atoms with Crippen molar-refractivity contribution in [1.29, 1.82) is 5.26 Å². The molecule has 0 aromatic heterocycles. The summed E-state index contributed by atoms with van der Waals surface area (Å²) in [6.07, 6.45) is 1.03. The Labute approximate surface area is 155 Å². The predicted octanol–water partition coefficient (Wildman–Crippen LogP) is 5.42. The first-order valence-corrected chi connectivity index (χ1v) is 8.28. The van der Waals surface area contributed by atoms with E-state index in [-0.39, 0.29) is 29.4 Å². The standard InChI is InChI=1S/C20H16ClF2NO2/c1-2-13(10-22)12-26-20-6-4-15(9-17(20)21)19(25)8-14-3-5-18(23)16(7-14)11-24/h3-7,9-10H,2,8,12H2,1H3. The highest BCUT2D eigenvalue weighted by Gasteiger charge is 2.12. The second kappa shape index (κ2) is 9.12. The van der Waals surface area contributed by atoms with E-state index in [1.165, 1.54) is 18.2 Å². The Bertz CT molecular complexity index is 888. The van der Waals surface area contributed by atoms with Crippen molar-refractivity contribution in [3.05, 3.63) is 75.8 Å². The van der Waals surface area contributed by atoms with Gasteiger partial charge in [-0.05, 0) is 47.9 Å². The summed E-state index contributed by atoms with van der Waals surface area (Å²) in [5.74, 6) is -0.501. The zero-order valence-electron chi connectivity index (χ0n) is 14.1. The highest BCUT2D eigenvalue weighted by Crippen LogP contribution is 2.27. The van der Waals surface area contributed by atoms with Crippen LogP contribution in [0.3, 0.4) is 0 Å². The third-order valence-corrected chi connectivity index (χ3v) is 4.09. The Morgan fingerprint density at radius 3 is 2.69 bits per heavy atom. The number of ether oxygens (including phenoxy) is 1. The van der Waals surface area contributed by atoms with Crippen LogP contribution in [0.25, 0.3) is 0 Å². The van der Waals surface area contributed by atoms with Gasteiger partial charge in [-0.3, -0.25) is 4.79 Å². The number of hydrogen-bond donors (Lipinski definition) is 0. The third-order valence-electron chi connectivity index (χ3n) is 3.79. The third kappa shape index (κ3) is 4.90. The quantitative estimate of drug-likeness (QED) is 0.607. The maximum atomic E-state index is 13.3. The molecule has 0 fully saturated rings. The molecule has 26 heavy (non-hydrogen) atoms. The van der Waals surface area contributed by atoms with Crippen molar-refractivity contribution in [3.63, 3.8) is 0 Å². The van der Waals surface area contributed by atoms with Gasteiger partial charge in [-0.1, -0.05) is 24.6 Å². The van der Waals surface area contributed by atoms with Gasteiger partial charge in [0, 0.05) is 12.0 Å². The van der Waals surface area contributed by atoms with Crippen LogP contribution in [0, 0.1) is 17.1 Å². The molecule has 3 nitrogen and oxygen atoms in total. The van der Waals surface area contributed by atoms with E-state index in [0.717, 1.165) is 6.07 Å². The minimum absolute atomic E-state index is 0.00998. The largest absolute Gasteiger partial charge is 0.488 e. The molecule has 0 saturated carbocycles. The molecule has 134 valence electrons. The summed E-state index contributed by atoms with van der Waals surface area (Å²) >= 11 is 6.13. The van der Waals surface area contributed by atoms with Crippen LogP contribution >= 0.6 is 11.6 Å². The molecule has 0 N–H and O–H groups in total. The Balaban J connectivity index is 2.10. The Morgan fingerprint density at radius 1 is 1.31 bits per heavy atom. The zero-order valence-corrected chi connectivity index (χ0v) is 14.8. The van der Waals surface area contributed by atoms with E-state index < -0.39 is 5.82 Å². The predicted molar refractivity (Wildman–Crippen MR) is 95.6 cm³/mol. The SMILES string of the molecule is CCC(=CF)COc1ccc(C(=O)Cc2ccc(F)c(C#N)c2)cc1Cl. The van der Waals surface area contributed by atoms with Crippen LogP contribution in [-0.4, -0.2) is 12.4 Å². The number of carbonyl (C=O) groups excluding carboxylic acids is 1. The first-order valence-electron chi connectivity index (χ1n) is 7.90. The van der Waals surface area contributed by atoms with Gasteiger partial charge < -0.3 is 4.74 Å². The summed E-state index contributed by atoms with van der Waals surface area (Å²) in [4.78, 5) is 12.4. The molecule has 2 aromatic carbocycles. The van der Waals surface area contributed by atoms with Crippen molar-refractivity contribution < 1.29 is 18.3 Å². The lowest BCUT2D eigenvalue weighted by atomic mass is 10.0. The molecule has 0 radical (unpaired) electrons. The van der Waals surface area contributed by atoms with E-state index in [0.29, 0.717) is 35.2 Å². The van der Waals surface area contributed by atoms with Gasteiger partial charge in [-0.25, -0.2) is 8.78 Å². The number of hydrogen-bond acceptors (Lipinski definition) is 3. The molecule has 0 unspecified atom stereocenters. The van der Waals surface area contributed by atoms with Gasteiger partial charge in [0.15, 0.2) is 5.78 Å². The van der Waals surface area contributed by atoms with Gasteiger partial charge in [0.25, 0.3) is 0 Å². The molecule has 0 atom stereocenters. The normalized spacial score (nSPS) is 11.1. The number of benzene rings is 2. The van der Waals surface area contributed by atoms with Crippen LogP contribution in [0.2, 0.25) is 5.02 Å². The molecule has 2 aromatic rings. The molecule has 0 heterocycles. The van der Waals surface area contributed by atoms with E-state index in [2.05, 4.69) is 0 Å². The van der Waals surface area contributed by atoms with Gasteiger partial charge in [-0.2, -0.15) is 5.26 Å². The molecule has 2 rings (SSSR count). The molecule has 0 aliphatic carbocycles. The molecule has 0 aliphatic rings. The van der Waals surface area contributed by atoms with Crippen molar-refractivity contribution >= 4 is 17.4 Å². The van der Waals surface area contributed by atoms with Crippen LogP contribution in [0.15, 0.2) is 48.3 Å². The average Bonchev–Trinajstić information content (AvgIpc) is 2.65. The Hall–Kier alpha value is -2.71. The second-order valence-electron chi connectivity index (χ2n) is 5.58. The molecular formula is C20H16ClF2NO2. The summed E-state index contributed by atoms with van der Waals surface area (Å²) in [5, 5.41) is 9.09. The zero-order chi connectivity index (χ0) is 19.1. The number of nitriles is 1. The molecule has 0 aliphatic heterocycles. The van der Waals surface area contributed by atoms with Gasteiger partial charge >= 0.3 is 0 Å². The number of nitrogens with zero attached hydrogens (tertiary/aromatic N) is 1. The molecule has 0 bridgehead atoms. The molecule has 0 saturated heterocycles. The highest BCUT2D eigenvalue weighted by atomic mass is 35.5. The summed E-state index contributed by atoms with van der Waals surface area (Å²) < 4.78 is 31.3. The van der Waals surface area contributed by atoms with Gasteiger partial charge in [0.2, 0.25) is 0 Å². The minimum atomic E-state index is -0.623. The summed E-state index contributed by atoms with van der Waals surface area (Å²) in [6, 6.07) is 10.3. The average molecular weight is 376 g/mol. The fourth-order valence-electron chi connectivity index (χ4n) is 2.23. The Morgan fingerprint density at radius 2 is 2.08 bits per heavy atom. The fraction of sp³-hybridized carbons (Fsp3) is 0.200. The van der Waals surface area contributed by atoms with Crippen LogP contribution < -0.4 is 4.74 Å². The number of halogens is 3. The van der Waals surface area contributed by atoms with Crippen LogP contribution in [0.5, 0.6) is 5.75 Å². The maximum Gasteiger partial charge on any atom is 0.167 e. The van der Waals surface area contributed by atoms with Crippen LogP contribution in [0.4, 0.5) is 8.78 Å². The smallest absolute Gasteiger partial charge is 0.167 e. The fourth-order valence-corrected chi connectivity index (χ4v) is 2.46. The topological polar surface area (TPSA) is 50.1 Å². The monoisotopic (exact) mass is 375 g/mol. The minimum Gasteiger partial charge on any atom is -0.488 e. The summed E-state index contributed by atoms with van der Waals surface area (Å²) in [5.41, 5.74) is 1.28. The molecular weight excluding hydrogens is 360 g/mol. The molecule has 6 heteroatoms. The van der Waals surface area contributed by atoms with E-state index in [1.54, 1.807) is 18.2 Å². The van der Waals surface area contributed by atoms with E-state index >= 15 is 0 Å². The number of Topliss-reactive ketones (excluding diaryl/α,β-unsaturated/α-hetero) is 1. The van der Waals surface area contributed by atoms with Crippen molar-refractivity contribution in [3.8, 4) is 11.8 Å². The van der Waals surface area contributed by atoms with Crippen molar-refractivity contribution in [2.24, 2.45) is 0 Å². The van der Waals surface area contributed by atoms with Crippen LogP contribution in [-0.2, 0) is 6.42 Å². The van der Waals surface area contributed by atoms with Crippen molar-refractivity contribution in [2.45, 2.75) is 19.8 Å². The van der Waals surface area contributed by atoms with Gasteiger partial charge in [0.05, 0.1) is 16.9 Å². The highest BCUT2D eigenvalue weighted by molar-refractivity contribution is 6.32. The molecule has 0 spiro atoms. The second-order valence-corrected chi connectivity index (χ2v) is 5.99. The Kier molecular flexibility index (Phi) is 6.88. The van der Waals surface area contributed by atoms with Crippen molar-refractivity contribution in [2.75, 3.05) is 6.61 Å². The van der Waals surface area contributed by atoms with Gasteiger partial charge in [0.1, 0.15) is 24.2 Å². The maximum absolute atomic E-state index is 13.3. The number of rotatable bonds is 7.